The molecular formula is C15H24N2. The van der Waals surface area contributed by atoms with Gasteiger partial charge in [0.2, 0.25) is 0 Å². The van der Waals surface area contributed by atoms with E-state index >= 15 is 0 Å². The predicted octanol–water partition coefficient (Wildman–Crippen LogP) is 2.36. The van der Waals surface area contributed by atoms with Gasteiger partial charge in [0.1, 0.15) is 0 Å². The van der Waals surface area contributed by atoms with Gasteiger partial charge in [0.15, 0.2) is 0 Å². The Kier molecular flexibility index (Phi) is 4.19. The van der Waals surface area contributed by atoms with Crippen LogP contribution < -0.4 is 11.1 Å². The van der Waals surface area contributed by atoms with Crippen molar-refractivity contribution in [3.63, 3.8) is 0 Å². The van der Waals surface area contributed by atoms with E-state index in [-0.39, 0.29) is 0 Å². The molecule has 0 radical (unpaired) electrons. The summed E-state index contributed by atoms with van der Waals surface area (Å²) in [7, 11) is 0. The van der Waals surface area contributed by atoms with Crippen LogP contribution in [0, 0.1) is 11.8 Å². The van der Waals surface area contributed by atoms with Crippen LogP contribution in [0.1, 0.15) is 31.7 Å². The molecule has 0 bridgehead atoms. The van der Waals surface area contributed by atoms with E-state index < -0.39 is 0 Å². The molecule has 1 aliphatic carbocycles. The number of hydrogen-bond acceptors (Lipinski definition) is 2. The highest BCUT2D eigenvalue weighted by Crippen LogP contribution is 2.37. The zero-order valence-corrected chi connectivity index (χ0v) is 10.9. The highest BCUT2D eigenvalue weighted by Gasteiger charge is 2.32. The Morgan fingerprint density at radius 1 is 1.35 bits per heavy atom. The van der Waals surface area contributed by atoms with Crippen LogP contribution in [0.2, 0.25) is 0 Å². The van der Waals surface area contributed by atoms with Crippen molar-refractivity contribution in [2.75, 3.05) is 13.1 Å². The first-order valence-corrected chi connectivity index (χ1v) is 6.70. The van der Waals surface area contributed by atoms with Crippen molar-refractivity contribution in [3.05, 3.63) is 35.9 Å². The highest BCUT2D eigenvalue weighted by atomic mass is 14.9. The summed E-state index contributed by atoms with van der Waals surface area (Å²) in [5, 5.41) is 3.64. The van der Waals surface area contributed by atoms with Gasteiger partial charge in [-0.3, -0.25) is 0 Å². The van der Waals surface area contributed by atoms with Gasteiger partial charge < -0.3 is 11.1 Å². The number of rotatable bonds is 6. The van der Waals surface area contributed by atoms with Crippen LogP contribution in [0.4, 0.5) is 0 Å². The summed E-state index contributed by atoms with van der Waals surface area (Å²) in [4.78, 5) is 0. The minimum absolute atomic E-state index is 0.394. The predicted molar refractivity (Wildman–Crippen MR) is 73.0 cm³/mol. The van der Waals surface area contributed by atoms with Gasteiger partial charge in [-0.15, -0.1) is 0 Å². The second-order valence-electron chi connectivity index (χ2n) is 5.42. The van der Waals surface area contributed by atoms with E-state index in [1.54, 1.807) is 0 Å². The maximum absolute atomic E-state index is 5.89. The van der Waals surface area contributed by atoms with Crippen molar-refractivity contribution in [2.45, 2.75) is 32.2 Å². The minimum Gasteiger partial charge on any atom is -0.329 e. The molecule has 94 valence electrons. The van der Waals surface area contributed by atoms with E-state index in [1.807, 2.05) is 0 Å². The molecule has 3 N–H and O–H groups in total. The standard InChI is InChI=1S/C15H24N2/c1-11-8-14(11)10-17-15(9-16)12(2)13-6-4-3-5-7-13/h3-7,11-12,14-15,17H,8-10,16H2,1-2H3. The molecule has 1 fully saturated rings. The summed E-state index contributed by atoms with van der Waals surface area (Å²) in [5.74, 6) is 2.27. The lowest BCUT2D eigenvalue weighted by Gasteiger charge is -2.24. The van der Waals surface area contributed by atoms with E-state index in [4.69, 9.17) is 5.73 Å². The second kappa shape index (κ2) is 5.65. The fourth-order valence-corrected chi connectivity index (χ4v) is 2.44. The van der Waals surface area contributed by atoms with Crippen molar-refractivity contribution in [2.24, 2.45) is 17.6 Å². The van der Waals surface area contributed by atoms with Crippen LogP contribution in [0.5, 0.6) is 0 Å². The van der Waals surface area contributed by atoms with Gasteiger partial charge in [0, 0.05) is 12.6 Å². The Bertz CT molecular complexity index is 336. The molecule has 1 aromatic carbocycles. The van der Waals surface area contributed by atoms with Crippen LogP contribution in [-0.4, -0.2) is 19.1 Å². The fraction of sp³-hybridized carbons (Fsp3) is 0.600. The first-order valence-electron chi connectivity index (χ1n) is 6.70. The molecule has 0 aliphatic heterocycles. The number of benzene rings is 1. The molecule has 2 rings (SSSR count). The SMILES string of the molecule is CC1CC1CNC(CN)C(C)c1ccccc1. The molecule has 17 heavy (non-hydrogen) atoms. The Morgan fingerprint density at radius 3 is 2.53 bits per heavy atom. The smallest absolute Gasteiger partial charge is 0.0256 e. The summed E-state index contributed by atoms with van der Waals surface area (Å²) >= 11 is 0. The molecule has 0 heterocycles. The lowest BCUT2D eigenvalue weighted by molar-refractivity contribution is 0.442. The Hall–Kier alpha value is -0.860. The third-order valence-electron chi connectivity index (χ3n) is 4.10. The lowest BCUT2D eigenvalue weighted by atomic mass is 9.93. The molecule has 2 heteroatoms. The van der Waals surface area contributed by atoms with Crippen molar-refractivity contribution in [3.8, 4) is 0 Å². The van der Waals surface area contributed by atoms with E-state index in [9.17, 15) is 0 Å². The van der Waals surface area contributed by atoms with Gasteiger partial charge in [-0.1, -0.05) is 44.2 Å². The summed E-state index contributed by atoms with van der Waals surface area (Å²) < 4.78 is 0. The third-order valence-corrected chi connectivity index (χ3v) is 4.10. The summed E-state index contributed by atoms with van der Waals surface area (Å²) in [6.07, 6.45) is 1.38. The lowest BCUT2D eigenvalue weighted by Crippen LogP contribution is -2.41. The monoisotopic (exact) mass is 232 g/mol. The van der Waals surface area contributed by atoms with Crippen LogP contribution in [0.15, 0.2) is 30.3 Å². The van der Waals surface area contributed by atoms with Gasteiger partial charge in [-0.2, -0.15) is 0 Å². The zero-order valence-electron chi connectivity index (χ0n) is 10.9. The molecule has 4 unspecified atom stereocenters. The van der Waals surface area contributed by atoms with Crippen molar-refractivity contribution >= 4 is 0 Å². The largest absolute Gasteiger partial charge is 0.329 e. The maximum atomic E-state index is 5.89. The molecule has 0 spiro atoms. The topological polar surface area (TPSA) is 38.0 Å². The quantitative estimate of drug-likeness (QED) is 0.790. The molecule has 0 saturated heterocycles. The summed E-state index contributed by atoms with van der Waals surface area (Å²) in [6.45, 7) is 6.41. The highest BCUT2D eigenvalue weighted by molar-refractivity contribution is 5.20. The molecule has 0 aromatic heterocycles. The summed E-state index contributed by atoms with van der Waals surface area (Å²) in [6, 6.07) is 11.0. The molecule has 2 nitrogen and oxygen atoms in total. The van der Waals surface area contributed by atoms with Gasteiger partial charge in [-0.25, -0.2) is 0 Å². The first kappa shape index (κ1) is 12.6. The minimum atomic E-state index is 0.394. The fourth-order valence-electron chi connectivity index (χ4n) is 2.44. The van der Waals surface area contributed by atoms with Crippen molar-refractivity contribution < 1.29 is 0 Å². The maximum Gasteiger partial charge on any atom is 0.0256 e. The molecule has 0 amide bonds. The van der Waals surface area contributed by atoms with Crippen LogP contribution in [-0.2, 0) is 0 Å². The van der Waals surface area contributed by atoms with Gasteiger partial charge in [0.05, 0.1) is 0 Å². The molecule has 1 aromatic rings. The number of nitrogens with one attached hydrogen (secondary N) is 1. The van der Waals surface area contributed by atoms with E-state index in [0.717, 1.165) is 18.4 Å². The van der Waals surface area contributed by atoms with E-state index in [0.29, 0.717) is 18.5 Å². The third kappa shape index (κ3) is 3.30. The molecule has 1 aliphatic rings. The van der Waals surface area contributed by atoms with Crippen LogP contribution in [0.25, 0.3) is 0 Å². The first-order chi connectivity index (χ1) is 8.22. The van der Waals surface area contributed by atoms with Gasteiger partial charge >= 0.3 is 0 Å². The number of hydrogen-bond donors (Lipinski definition) is 2. The van der Waals surface area contributed by atoms with E-state index in [2.05, 4.69) is 49.5 Å². The number of nitrogens with two attached hydrogens (primary N) is 1. The Morgan fingerprint density at radius 2 is 2.00 bits per heavy atom. The van der Waals surface area contributed by atoms with Crippen LogP contribution >= 0.6 is 0 Å². The Balaban J connectivity index is 1.88. The zero-order chi connectivity index (χ0) is 12.3. The van der Waals surface area contributed by atoms with Crippen molar-refractivity contribution in [1.29, 1.82) is 0 Å². The Labute approximate surface area is 105 Å². The van der Waals surface area contributed by atoms with Gasteiger partial charge in [0.25, 0.3) is 0 Å². The average Bonchev–Trinajstić information content (AvgIpc) is 3.07. The normalized spacial score (nSPS) is 26.5. The van der Waals surface area contributed by atoms with Gasteiger partial charge in [-0.05, 0) is 36.3 Å². The molecule has 1 saturated carbocycles. The second-order valence-corrected chi connectivity index (χ2v) is 5.42. The van der Waals surface area contributed by atoms with E-state index in [1.165, 1.54) is 12.0 Å². The summed E-state index contributed by atoms with van der Waals surface area (Å²) in [5.41, 5.74) is 7.26. The van der Waals surface area contributed by atoms with Crippen LogP contribution in [0.3, 0.4) is 0 Å². The van der Waals surface area contributed by atoms with Crippen molar-refractivity contribution in [1.82, 2.24) is 5.32 Å². The molecular weight excluding hydrogens is 208 g/mol. The molecule has 4 atom stereocenters. The average molecular weight is 232 g/mol.